The first-order valence-electron chi connectivity index (χ1n) is 6.36. The number of hydrogen-bond acceptors (Lipinski definition) is 5. The van der Waals surface area contributed by atoms with Crippen LogP contribution in [0.2, 0.25) is 0 Å². The van der Waals surface area contributed by atoms with Crippen LogP contribution in [0.1, 0.15) is 33.6 Å². The van der Waals surface area contributed by atoms with Gasteiger partial charge in [-0.2, -0.15) is 0 Å². The SMILES string of the molecule is CNC(=O)CCC(C=O)N1C(=O)c2ccc(S)cc2C1=O. The van der Waals surface area contributed by atoms with Crippen LogP contribution in [0.3, 0.4) is 0 Å². The van der Waals surface area contributed by atoms with E-state index in [0.717, 1.165) is 4.90 Å². The fourth-order valence-corrected chi connectivity index (χ4v) is 2.41. The smallest absolute Gasteiger partial charge is 0.262 e. The number of aldehydes is 1. The number of amides is 3. The molecule has 1 unspecified atom stereocenters. The van der Waals surface area contributed by atoms with Gasteiger partial charge in [0.15, 0.2) is 0 Å². The molecule has 21 heavy (non-hydrogen) atoms. The van der Waals surface area contributed by atoms with E-state index in [1.807, 2.05) is 0 Å². The Morgan fingerprint density at radius 2 is 2.00 bits per heavy atom. The van der Waals surface area contributed by atoms with E-state index in [4.69, 9.17) is 0 Å². The Balaban J connectivity index is 2.24. The number of carbonyl (C=O) groups excluding carboxylic acids is 4. The Kier molecular flexibility index (Phi) is 4.42. The standard InChI is InChI=1S/C14H14N2O4S/c1-15-12(18)5-2-8(7-17)16-13(19)10-4-3-9(21)6-11(10)14(16)20/h3-4,6-8,21H,2,5H2,1H3,(H,15,18). The fourth-order valence-electron chi connectivity index (χ4n) is 2.21. The molecule has 0 aliphatic carbocycles. The van der Waals surface area contributed by atoms with Gasteiger partial charge < -0.3 is 10.1 Å². The van der Waals surface area contributed by atoms with Crippen molar-refractivity contribution in [1.29, 1.82) is 0 Å². The minimum atomic E-state index is -0.946. The van der Waals surface area contributed by atoms with Crippen molar-refractivity contribution in [2.24, 2.45) is 0 Å². The minimum Gasteiger partial charge on any atom is -0.359 e. The van der Waals surface area contributed by atoms with Crippen LogP contribution < -0.4 is 5.32 Å². The van der Waals surface area contributed by atoms with Gasteiger partial charge in [-0.15, -0.1) is 12.6 Å². The minimum absolute atomic E-state index is 0.0606. The summed E-state index contributed by atoms with van der Waals surface area (Å²) in [5, 5.41) is 2.43. The zero-order valence-electron chi connectivity index (χ0n) is 11.3. The van der Waals surface area contributed by atoms with Gasteiger partial charge in [0.1, 0.15) is 6.29 Å². The molecule has 0 saturated carbocycles. The first kappa shape index (κ1) is 15.2. The molecule has 1 heterocycles. The van der Waals surface area contributed by atoms with E-state index in [1.54, 1.807) is 6.07 Å². The van der Waals surface area contributed by atoms with Gasteiger partial charge in [0.05, 0.1) is 17.2 Å². The Morgan fingerprint density at radius 1 is 1.33 bits per heavy atom. The highest BCUT2D eigenvalue weighted by molar-refractivity contribution is 7.80. The van der Waals surface area contributed by atoms with Crippen molar-refractivity contribution < 1.29 is 19.2 Å². The molecule has 2 rings (SSSR count). The second-order valence-electron chi connectivity index (χ2n) is 4.63. The molecule has 3 amide bonds. The van der Waals surface area contributed by atoms with Crippen molar-refractivity contribution in [2.45, 2.75) is 23.8 Å². The van der Waals surface area contributed by atoms with E-state index in [0.29, 0.717) is 11.2 Å². The summed E-state index contributed by atoms with van der Waals surface area (Å²) in [6, 6.07) is 3.67. The molecule has 1 aliphatic heterocycles. The molecule has 1 aliphatic rings. The average molecular weight is 306 g/mol. The lowest BCUT2D eigenvalue weighted by molar-refractivity contribution is -0.121. The maximum Gasteiger partial charge on any atom is 0.262 e. The summed E-state index contributed by atoms with van der Waals surface area (Å²) >= 11 is 4.13. The summed E-state index contributed by atoms with van der Waals surface area (Å²) in [5.41, 5.74) is 0.490. The number of carbonyl (C=O) groups is 4. The third-order valence-electron chi connectivity index (χ3n) is 3.34. The van der Waals surface area contributed by atoms with Crippen LogP contribution in [0.5, 0.6) is 0 Å². The lowest BCUT2D eigenvalue weighted by Crippen LogP contribution is -2.41. The number of fused-ring (bicyclic) bond motifs is 1. The summed E-state index contributed by atoms with van der Waals surface area (Å²) in [5.74, 6) is -1.30. The highest BCUT2D eigenvalue weighted by atomic mass is 32.1. The summed E-state index contributed by atoms with van der Waals surface area (Å²) in [4.78, 5) is 48.5. The van der Waals surface area contributed by atoms with Crippen molar-refractivity contribution in [3.63, 3.8) is 0 Å². The van der Waals surface area contributed by atoms with Crippen LogP contribution in [0.4, 0.5) is 0 Å². The molecule has 1 atom stereocenters. The zero-order valence-corrected chi connectivity index (χ0v) is 12.2. The first-order chi connectivity index (χ1) is 9.99. The highest BCUT2D eigenvalue weighted by Crippen LogP contribution is 2.27. The van der Waals surface area contributed by atoms with Crippen LogP contribution in [0.25, 0.3) is 0 Å². The van der Waals surface area contributed by atoms with Crippen LogP contribution in [-0.4, -0.2) is 42.0 Å². The van der Waals surface area contributed by atoms with Crippen LogP contribution in [0.15, 0.2) is 23.1 Å². The van der Waals surface area contributed by atoms with E-state index in [-0.39, 0.29) is 29.9 Å². The second-order valence-corrected chi connectivity index (χ2v) is 5.14. The van der Waals surface area contributed by atoms with Crippen LogP contribution >= 0.6 is 12.6 Å². The molecule has 0 spiro atoms. The van der Waals surface area contributed by atoms with Gasteiger partial charge in [0.25, 0.3) is 11.8 Å². The summed E-state index contributed by atoms with van der Waals surface area (Å²) in [7, 11) is 1.48. The molecule has 1 aromatic rings. The maximum absolute atomic E-state index is 12.3. The number of nitrogens with zero attached hydrogens (tertiary/aromatic N) is 1. The van der Waals surface area contributed by atoms with Gasteiger partial charge in [0, 0.05) is 18.4 Å². The number of imide groups is 1. The second kappa shape index (κ2) is 6.09. The average Bonchev–Trinajstić information content (AvgIpc) is 2.72. The fraction of sp³-hybridized carbons (Fsp3) is 0.286. The van der Waals surface area contributed by atoms with Crippen molar-refractivity contribution in [3.05, 3.63) is 29.3 Å². The van der Waals surface area contributed by atoms with E-state index in [1.165, 1.54) is 19.2 Å². The Hall–Kier alpha value is -2.15. The topological polar surface area (TPSA) is 83.6 Å². The number of thiol groups is 1. The Bertz CT molecular complexity index is 629. The molecule has 1 N–H and O–H groups in total. The van der Waals surface area contributed by atoms with Crippen molar-refractivity contribution in [2.75, 3.05) is 7.05 Å². The van der Waals surface area contributed by atoms with Gasteiger partial charge in [-0.3, -0.25) is 19.3 Å². The zero-order chi connectivity index (χ0) is 15.6. The quantitative estimate of drug-likeness (QED) is 0.476. The van der Waals surface area contributed by atoms with E-state index < -0.39 is 17.9 Å². The molecular weight excluding hydrogens is 292 g/mol. The lowest BCUT2D eigenvalue weighted by Gasteiger charge is -2.20. The number of benzene rings is 1. The third kappa shape index (κ3) is 2.82. The number of nitrogens with one attached hydrogen (secondary N) is 1. The summed E-state index contributed by atoms with van der Waals surface area (Å²) < 4.78 is 0. The van der Waals surface area contributed by atoms with E-state index in [2.05, 4.69) is 17.9 Å². The summed E-state index contributed by atoms with van der Waals surface area (Å²) in [6.45, 7) is 0. The molecule has 110 valence electrons. The predicted octanol–water partition coefficient (Wildman–Crippen LogP) is 0.665. The molecule has 0 aromatic heterocycles. The monoisotopic (exact) mass is 306 g/mol. The molecule has 6 nitrogen and oxygen atoms in total. The Morgan fingerprint density at radius 3 is 2.62 bits per heavy atom. The normalized spacial score (nSPS) is 14.9. The summed E-state index contributed by atoms with van der Waals surface area (Å²) in [6.07, 6.45) is 0.680. The molecular formula is C14H14N2O4S. The molecule has 0 fully saturated rings. The molecule has 0 saturated heterocycles. The largest absolute Gasteiger partial charge is 0.359 e. The molecule has 0 radical (unpaired) electrons. The number of rotatable bonds is 5. The third-order valence-corrected chi connectivity index (χ3v) is 3.61. The van der Waals surface area contributed by atoms with E-state index in [9.17, 15) is 19.2 Å². The lowest BCUT2D eigenvalue weighted by atomic mass is 10.1. The van der Waals surface area contributed by atoms with Gasteiger partial charge in [-0.05, 0) is 24.6 Å². The maximum atomic E-state index is 12.3. The van der Waals surface area contributed by atoms with Crippen LogP contribution in [0, 0.1) is 0 Å². The van der Waals surface area contributed by atoms with Gasteiger partial charge >= 0.3 is 0 Å². The van der Waals surface area contributed by atoms with Crippen molar-refractivity contribution >= 4 is 36.6 Å². The highest BCUT2D eigenvalue weighted by Gasteiger charge is 2.39. The van der Waals surface area contributed by atoms with Gasteiger partial charge in [0.2, 0.25) is 5.91 Å². The molecule has 0 bridgehead atoms. The van der Waals surface area contributed by atoms with Crippen molar-refractivity contribution in [1.82, 2.24) is 10.2 Å². The predicted molar refractivity (Wildman–Crippen MR) is 77.3 cm³/mol. The van der Waals surface area contributed by atoms with Gasteiger partial charge in [-0.1, -0.05) is 0 Å². The molecule has 1 aromatic carbocycles. The van der Waals surface area contributed by atoms with Crippen molar-refractivity contribution in [3.8, 4) is 0 Å². The van der Waals surface area contributed by atoms with Gasteiger partial charge in [-0.25, -0.2) is 0 Å². The van der Waals surface area contributed by atoms with Crippen LogP contribution in [-0.2, 0) is 9.59 Å². The Labute approximate surface area is 126 Å². The van der Waals surface area contributed by atoms with E-state index >= 15 is 0 Å². The first-order valence-corrected chi connectivity index (χ1v) is 6.81. The number of hydrogen-bond donors (Lipinski definition) is 2. The molecule has 7 heteroatoms.